The summed E-state index contributed by atoms with van der Waals surface area (Å²) in [6, 6.07) is 0. The first-order valence-electron chi connectivity index (χ1n) is 4.16. The molecule has 0 spiro atoms. The molecule has 0 aromatic carbocycles. The predicted molar refractivity (Wildman–Crippen MR) is 49.2 cm³/mol. The number of hydrogen-bond donors (Lipinski definition) is 1. The number of hydrogen-bond acceptors (Lipinski definition) is 2. The maximum atomic E-state index is 10.2. The lowest BCUT2D eigenvalue weighted by atomic mass is 10.3. The molecule has 0 aliphatic heterocycles. The molecule has 70 valence electrons. The Bertz CT molecular complexity index is 315. The summed E-state index contributed by atoms with van der Waals surface area (Å²) in [5, 5.41) is 12.4. The third kappa shape index (κ3) is 3.11. The van der Waals surface area contributed by atoms with E-state index in [0.29, 0.717) is 0 Å². The molecule has 13 heavy (non-hydrogen) atoms. The molecule has 1 aromatic heterocycles. The smallest absolute Gasteiger partial charge is 0.328 e. The second-order valence-corrected chi connectivity index (χ2v) is 2.71. The van der Waals surface area contributed by atoms with Crippen LogP contribution in [0.3, 0.4) is 0 Å². The van der Waals surface area contributed by atoms with Crippen LogP contribution in [0.4, 0.5) is 0 Å². The largest absolute Gasteiger partial charge is 0.478 e. The highest BCUT2D eigenvalue weighted by atomic mass is 16.4. The topological polar surface area (TPSA) is 55.1 Å². The molecular formula is C9H12N2O2. The van der Waals surface area contributed by atoms with Crippen LogP contribution in [0.1, 0.15) is 18.9 Å². The first-order chi connectivity index (χ1) is 6.22. The Balaban J connectivity index is 2.63. The Kier molecular flexibility index (Phi) is 3.25. The van der Waals surface area contributed by atoms with Gasteiger partial charge >= 0.3 is 5.97 Å². The molecule has 4 heteroatoms. The zero-order valence-electron chi connectivity index (χ0n) is 7.47. The van der Waals surface area contributed by atoms with Crippen LogP contribution in [0, 0.1) is 0 Å². The molecule has 1 heterocycles. The lowest BCUT2D eigenvalue weighted by Crippen LogP contribution is -1.95. The number of aliphatic carboxylic acids is 1. The summed E-state index contributed by atoms with van der Waals surface area (Å²) >= 11 is 0. The molecule has 0 aliphatic carbocycles. The van der Waals surface area contributed by atoms with Crippen LogP contribution in [-0.2, 0) is 11.3 Å². The van der Waals surface area contributed by atoms with Gasteiger partial charge < -0.3 is 5.11 Å². The van der Waals surface area contributed by atoms with Crippen LogP contribution in [0.25, 0.3) is 6.08 Å². The number of carbonyl (C=O) groups is 1. The van der Waals surface area contributed by atoms with E-state index in [-0.39, 0.29) is 0 Å². The monoisotopic (exact) mass is 180 g/mol. The highest BCUT2D eigenvalue weighted by molar-refractivity contribution is 5.85. The summed E-state index contributed by atoms with van der Waals surface area (Å²) in [6.45, 7) is 2.93. The molecule has 4 nitrogen and oxygen atoms in total. The van der Waals surface area contributed by atoms with Crippen LogP contribution in [-0.4, -0.2) is 20.9 Å². The van der Waals surface area contributed by atoms with E-state index in [1.165, 1.54) is 6.08 Å². The van der Waals surface area contributed by atoms with Crippen LogP contribution < -0.4 is 0 Å². The standard InChI is InChI=1S/C9H12N2O2/c1-2-5-11-7-8(6-10-11)3-4-9(12)13/h3-4,6-7H,2,5H2,1H3,(H,12,13)/b4-3+. The maximum Gasteiger partial charge on any atom is 0.328 e. The van der Waals surface area contributed by atoms with E-state index in [1.807, 2.05) is 6.20 Å². The van der Waals surface area contributed by atoms with Gasteiger partial charge in [0.2, 0.25) is 0 Å². The lowest BCUT2D eigenvalue weighted by molar-refractivity contribution is -0.131. The number of carboxylic acid groups (broad SMARTS) is 1. The molecular weight excluding hydrogens is 168 g/mol. The van der Waals surface area contributed by atoms with Crippen molar-refractivity contribution in [2.45, 2.75) is 19.9 Å². The minimum absolute atomic E-state index is 0.816. The van der Waals surface area contributed by atoms with Gasteiger partial charge in [0.15, 0.2) is 0 Å². The second kappa shape index (κ2) is 4.45. The van der Waals surface area contributed by atoms with Crippen LogP contribution in [0.2, 0.25) is 0 Å². The number of aryl methyl sites for hydroxylation is 1. The van der Waals surface area contributed by atoms with Crippen molar-refractivity contribution < 1.29 is 9.90 Å². The fourth-order valence-corrected chi connectivity index (χ4v) is 0.985. The summed E-state index contributed by atoms with van der Waals surface area (Å²) in [5.74, 6) is -0.941. The van der Waals surface area contributed by atoms with Gasteiger partial charge in [0.05, 0.1) is 6.20 Å². The van der Waals surface area contributed by atoms with E-state index in [1.54, 1.807) is 10.9 Å². The molecule has 0 bridgehead atoms. The minimum atomic E-state index is -0.941. The van der Waals surface area contributed by atoms with Crippen molar-refractivity contribution >= 4 is 12.0 Å². The van der Waals surface area contributed by atoms with Crippen molar-refractivity contribution in [3.8, 4) is 0 Å². The zero-order chi connectivity index (χ0) is 9.68. The summed E-state index contributed by atoms with van der Waals surface area (Å²) in [6.07, 6.45) is 7.12. The minimum Gasteiger partial charge on any atom is -0.478 e. The Morgan fingerprint density at radius 1 is 1.77 bits per heavy atom. The predicted octanol–water partition coefficient (Wildman–Crippen LogP) is 1.39. The average Bonchev–Trinajstić information content (AvgIpc) is 2.50. The fourth-order valence-electron chi connectivity index (χ4n) is 0.985. The van der Waals surface area contributed by atoms with Crippen molar-refractivity contribution in [2.24, 2.45) is 0 Å². The average molecular weight is 180 g/mol. The van der Waals surface area contributed by atoms with E-state index in [0.717, 1.165) is 24.6 Å². The Morgan fingerprint density at radius 2 is 2.54 bits per heavy atom. The highest BCUT2D eigenvalue weighted by Gasteiger charge is 1.94. The number of rotatable bonds is 4. The molecule has 0 saturated heterocycles. The van der Waals surface area contributed by atoms with E-state index in [2.05, 4.69) is 12.0 Å². The second-order valence-electron chi connectivity index (χ2n) is 2.71. The van der Waals surface area contributed by atoms with Gasteiger partial charge in [0.25, 0.3) is 0 Å². The van der Waals surface area contributed by atoms with Crippen molar-refractivity contribution in [1.29, 1.82) is 0 Å². The van der Waals surface area contributed by atoms with Gasteiger partial charge in [-0.25, -0.2) is 4.79 Å². The Hall–Kier alpha value is -1.58. The Morgan fingerprint density at radius 3 is 3.15 bits per heavy atom. The molecule has 0 aliphatic rings. The van der Waals surface area contributed by atoms with Crippen LogP contribution in [0.15, 0.2) is 18.5 Å². The highest BCUT2D eigenvalue weighted by Crippen LogP contribution is 2.00. The molecule has 1 rings (SSSR count). The fraction of sp³-hybridized carbons (Fsp3) is 0.333. The molecule has 0 fully saturated rings. The number of nitrogens with zero attached hydrogens (tertiary/aromatic N) is 2. The lowest BCUT2D eigenvalue weighted by Gasteiger charge is -1.93. The normalized spacial score (nSPS) is 10.8. The molecule has 0 radical (unpaired) electrons. The molecule has 0 amide bonds. The van der Waals surface area contributed by atoms with E-state index < -0.39 is 5.97 Å². The van der Waals surface area contributed by atoms with Crippen molar-refractivity contribution in [3.05, 3.63) is 24.0 Å². The first kappa shape index (κ1) is 9.51. The molecule has 1 aromatic rings. The molecule has 0 unspecified atom stereocenters. The summed E-state index contributed by atoms with van der Waals surface area (Å²) in [7, 11) is 0. The summed E-state index contributed by atoms with van der Waals surface area (Å²) < 4.78 is 1.79. The van der Waals surface area contributed by atoms with Gasteiger partial charge in [-0.1, -0.05) is 6.92 Å². The van der Waals surface area contributed by atoms with Crippen molar-refractivity contribution in [1.82, 2.24) is 9.78 Å². The first-order valence-corrected chi connectivity index (χ1v) is 4.16. The SMILES string of the molecule is CCCn1cc(/C=C/C(=O)O)cn1. The van der Waals surface area contributed by atoms with Gasteiger partial charge in [0, 0.05) is 24.4 Å². The molecule has 1 N–H and O–H groups in total. The van der Waals surface area contributed by atoms with Gasteiger partial charge in [-0.05, 0) is 12.5 Å². The third-order valence-electron chi connectivity index (χ3n) is 1.52. The van der Waals surface area contributed by atoms with Gasteiger partial charge in [-0.15, -0.1) is 0 Å². The van der Waals surface area contributed by atoms with E-state index in [4.69, 9.17) is 5.11 Å². The van der Waals surface area contributed by atoms with E-state index >= 15 is 0 Å². The molecule has 0 atom stereocenters. The maximum absolute atomic E-state index is 10.2. The van der Waals surface area contributed by atoms with E-state index in [9.17, 15) is 4.79 Å². The Labute approximate surface area is 76.5 Å². The van der Waals surface area contributed by atoms with Gasteiger partial charge in [-0.2, -0.15) is 5.10 Å². The van der Waals surface area contributed by atoms with Gasteiger partial charge in [0.1, 0.15) is 0 Å². The van der Waals surface area contributed by atoms with Gasteiger partial charge in [-0.3, -0.25) is 4.68 Å². The van der Waals surface area contributed by atoms with Crippen LogP contribution in [0.5, 0.6) is 0 Å². The summed E-state index contributed by atoms with van der Waals surface area (Å²) in [5.41, 5.74) is 0.816. The molecule has 0 saturated carbocycles. The third-order valence-corrected chi connectivity index (χ3v) is 1.52. The number of carboxylic acids is 1. The van der Waals surface area contributed by atoms with Crippen LogP contribution >= 0.6 is 0 Å². The van der Waals surface area contributed by atoms with Crippen molar-refractivity contribution in [3.63, 3.8) is 0 Å². The summed E-state index contributed by atoms with van der Waals surface area (Å²) in [4.78, 5) is 10.2. The number of aromatic nitrogens is 2. The quantitative estimate of drug-likeness (QED) is 0.712. The zero-order valence-corrected chi connectivity index (χ0v) is 7.47. The van der Waals surface area contributed by atoms with Crippen molar-refractivity contribution in [2.75, 3.05) is 0 Å².